The van der Waals surface area contributed by atoms with Gasteiger partial charge in [-0.05, 0) is 69.4 Å². The Morgan fingerprint density at radius 3 is 1.68 bits per heavy atom. The molecule has 0 unspecified atom stereocenters. The molecule has 336 valence electrons. The molecule has 0 saturated heterocycles. The molecule has 1 aromatic heterocycles. The molecule has 20 nitrogen and oxygen atoms in total. The Morgan fingerprint density at radius 2 is 1.24 bits per heavy atom. The zero-order valence-corrected chi connectivity index (χ0v) is 37.1. The smallest absolute Gasteiger partial charge is 0.326 e. The van der Waals surface area contributed by atoms with Crippen molar-refractivity contribution in [2.45, 2.75) is 67.2 Å². The lowest BCUT2D eigenvalue weighted by molar-refractivity contribution is -0.142. The summed E-state index contributed by atoms with van der Waals surface area (Å²) in [5, 5.41) is 16.2. The maximum atomic E-state index is 13.2. The van der Waals surface area contributed by atoms with E-state index < -0.39 is 84.2 Å². The lowest BCUT2D eigenvalue weighted by atomic mass is 10.1. The van der Waals surface area contributed by atoms with Gasteiger partial charge in [-0.1, -0.05) is 65.7 Å². The van der Waals surface area contributed by atoms with Crippen molar-refractivity contribution >= 4 is 71.1 Å². The van der Waals surface area contributed by atoms with Crippen molar-refractivity contribution in [3.63, 3.8) is 0 Å². The summed E-state index contributed by atoms with van der Waals surface area (Å²) >= 11 is 1.60. The summed E-state index contributed by atoms with van der Waals surface area (Å²) < 4.78 is 82.8. The van der Waals surface area contributed by atoms with Crippen molar-refractivity contribution in [3.05, 3.63) is 113 Å². The van der Waals surface area contributed by atoms with E-state index in [2.05, 4.69) is 39.8 Å². The number of aromatic nitrogens is 1. The zero-order chi connectivity index (χ0) is 45.8. The van der Waals surface area contributed by atoms with Gasteiger partial charge in [-0.25, -0.2) is 44.2 Å². The number of carboxylic acids is 1. The van der Waals surface area contributed by atoms with Gasteiger partial charge in [0.05, 0.1) is 27.6 Å². The number of nitrogens with zero attached hydrogens (tertiary/aromatic N) is 3. The highest BCUT2D eigenvalue weighted by molar-refractivity contribution is 7.90. The van der Waals surface area contributed by atoms with Gasteiger partial charge in [0.1, 0.15) is 12.1 Å². The Hall–Kier alpha value is -5.95. The van der Waals surface area contributed by atoms with Gasteiger partial charge in [0.2, 0.25) is 33.8 Å². The predicted molar refractivity (Wildman–Crippen MR) is 235 cm³/mol. The first-order chi connectivity index (χ1) is 29.3. The van der Waals surface area contributed by atoms with Crippen LogP contribution in [0.5, 0.6) is 0 Å². The first kappa shape index (κ1) is 50.4. The number of aryl methyl sites for hydroxylation is 2. The van der Waals surface area contributed by atoms with Crippen LogP contribution in [0, 0.1) is 13.8 Å². The van der Waals surface area contributed by atoms with Crippen molar-refractivity contribution < 1.29 is 44.7 Å². The largest absolute Gasteiger partial charge is 0.480 e. The van der Waals surface area contributed by atoms with Crippen LogP contribution < -0.4 is 36.3 Å². The number of guanidine groups is 2. The molecule has 4 rings (SSSR count). The quantitative estimate of drug-likeness (QED) is 0.0330. The molecular formula is C38H50N10O10S4. The summed E-state index contributed by atoms with van der Waals surface area (Å²) in [6, 6.07) is 17.4. The summed E-state index contributed by atoms with van der Waals surface area (Å²) in [5.74, 6) is -4.49. The molecule has 0 spiro atoms. The number of aliphatic imine (C=N–C) groups is 2. The van der Waals surface area contributed by atoms with Gasteiger partial charge in [0.15, 0.2) is 0 Å². The second-order valence-electron chi connectivity index (χ2n) is 13.4. The fourth-order valence-corrected chi connectivity index (χ4v) is 8.78. The molecule has 1 heterocycles. The van der Waals surface area contributed by atoms with Crippen LogP contribution >= 0.6 is 11.3 Å². The number of rotatable bonds is 21. The van der Waals surface area contributed by atoms with Crippen molar-refractivity contribution in [2.24, 2.45) is 21.5 Å². The molecule has 10 N–H and O–H groups in total. The van der Waals surface area contributed by atoms with Crippen LogP contribution in [0.3, 0.4) is 0 Å². The molecule has 0 aliphatic heterocycles. The summed E-state index contributed by atoms with van der Waals surface area (Å²) in [7, 11) is -12.1. The SMILES string of the molecule is Cc1ccc(S(=O)(=O)NC(N)=NCCC[C@H](NC(=O)CNC(=O)[C@@H](CCCN=C(N)NS(=O)(=O)c2ccc(C)cc2)NS(=O)(=O)Cc2ccccc2)C(=O)O)cc1.c1cscn1. The van der Waals surface area contributed by atoms with E-state index in [-0.39, 0.29) is 48.6 Å². The normalized spacial score (nSPS) is 13.1. The number of carboxylic acid groups (broad SMARTS) is 1. The molecule has 0 fully saturated rings. The van der Waals surface area contributed by atoms with Crippen molar-refractivity contribution in [1.29, 1.82) is 0 Å². The van der Waals surface area contributed by atoms with Crippen molar-refractivity contribution in [3.8, 4) is 0 Å². The Balaban J connectivity index is 0.00000190. The second-order valence-corrected chi connectivity index (χ2v) is 19.3. The number of benzene rings is 3. The number of nitrogens with two attached hydrogens (primary N) is 2. The number of carbonyl (C=O) groups excluding carboxylic acids is 2. The topological polar surface area (TPSA) is 324 Å². The van der Waals surface area contributed by atoms with E-state index in [1.165, 1.54) is 24.3 Å². The predicted octanol–water partition coefficient (Wildman–Crippen LogP) is 1.07. The Morgan fingerprint density at radius 1 is 0.742 bits per heavy atom. The van der Waals surface area contributed by atoms with Crippen molar-refractivity contribution in [1.82, 2.24) is 29.8 Å². The van der Waals surface area contributed by atoms with Crippen LogP contribution in [-0.2, 0) is 50.2 Å². The zero-order valence-electron chi connectivity index (χ0n) is 33.8. The van der Waals surface area contributed by atoms with Crippen LogP contribution in [0.25, 0.3) is 0 Å². The van der Waals surface area contributed by atoms with Crippen molar-refractivity contribution in [2.75, 3.05) is 19.6 Å². The lowest BCUT2D eigenvalue weighted by Gasteiger charge is -2.19. The van der Waals surface area contributed by atoms with Crippen LogP contribution in [0.2, 0.25) is 0 Å². The van der Waals surface area contributed by atoms with Crippen LogP contribution in [0.15, 0.2) is 116 Å². The second kappa shape index (κ2) is 24.5. The average molecular weight is 935 g/mol. The van der Waals surface area contributed by atoms with Crippen LogP contribution in [0.1, 0.15) is 42.4 Å². The first-order valence-electron chi connectivity index (χ1n) is 18.7. The standard InChI is InChI=1S/C35H47N9O10S3.C3H3NS/c1-24-12-16-27(17-13-24)56(51,52)43-34(36)38-20-6-10-29(42-55(49,50)23-26-8-4-3-5-9-26)32(46)40-22-31(45)41-30(33(47)48)11-7-21-39-35(37)44-57(53,54)28-18-14-25(2)15-19-28;1-2-5-3-4-1/h3-5,8-9,12-19,29-30,42H,6-7,10-11,20-23H2,1-2H3,(H,40,46)(H,41,45)(H,47,48)(H3,36,38,43)(H3,37,39,44);1-3H/t29-,30+;/m1./s1. The molecule has 62 heavy (non-hydrogen) atoms. The number of aliphatic carboxylic acids is 1. The van der Waals surface area contributed by atoms with Gasteiger partial charge in [0, 0.05) is 24.7 Å². The minimum atomic E-state index is -4.10. The monoisotopic (exact) mass is 934 g/mol. The van der Waals surface area contributed by atoms with Crippen LogP contribution in [0.4, 0.5) is 0 Å². The van der Waals surface area contributed by atoms with Gasteiger partial charge in [-0.3, -0.25) is 24.6 Å². The van der Waals surface area contributed by atoms with Crippen LogP contribution in [-0.4, -0.2) is 96.8 Å². The minimum absolute atomic E-state index is 0.0282. The highest BCUT2D eigenvalue weighted by Gasteiger charge is 2.26. The molecule has 24 heteroatoms. The average Bonchev–Trinajstić information content (AvgIpc) is 3.80. The number of hydrogen-bond donors (Lipinski definition) is 8. The maximum absolute atomic E-state index is 13.2. The molecule has 0 aliphatic carbocycles. The Labute approximate surface area is 364 Å². The van der Waals surface area contributed by atoms with E-state index in [0.29, 0.717) is 5.56 Å². The van der Waals surface area contributed by atoms with Gasteiger partial charge >= 0.3 is 5.97 Å². The number of carbonyl (C=O) groups is 3. The molecule has 0 radical (unpaired) electrons. The third kappa shape index (κ3) is 18.8. The van der Waals surface area contributed by atoms with Gasteiger partial charge in [-0.15, -0.1) is 11.3 Å². The molecule has 3 aromatic carbocycles. The van der Waals surface area contributed by atoms with E-state index in [1.54, 1.807) is 91.5 Å². The fraction of sp³-hybridized carbons (Fsp3) is 0.316. The lowest BCUT2D eigenvalue weighted by Crippen LogP contribution is -2.51. The number of nitrogens with one attached hydrogen (secondary N) is 5. The van der Waals surface area contributed by atoms with E-state index >= 15 is 0 Å². The summed E-state index contributed by atoms with van der Waals surface area (Å²) in [6.45, 7) is 2.69. The molecule has 0 saturated carbocycles. The van der Waals surface area contributed by atoms with E-state index in [1.807, 2.05) is 5.38 Å². The summed E-state index contributed by atoms with van der Waals surface area (Å²) in [4.78, 5) is 49.3. The van der Waals surface area contributed by atoms with Gasteiger partial charge in [0.25, 0.3) is 20.0 Å². The Bertz CT molecular complexity index is 2440. The first-order valence-corrected chi connectivity index (χ1v) is 24.3. The molecule has 2 amide bonds. The molecule has 0 bridgehead atoms. The number of amides is 2. The van der Waals surface area contributed by atoms with E-state index in [0.717, 1.165) is 11.1 Å². The summed E-state index contributed by atoms with van der Waals surface area (Å²) in [6.07, 6.45) is 1.61. The van der Waals surface area contributed by atoms with Gasteiger partial charge in [-0.2, -0.15) is 0 Å². The highest BCUT2D eigenvalue weighted by atomic mass is 32.2. The highest BCUT2D eigenvalue weighted by Crippen LogP contribution is 2.12. The molecule has 4 aromatic rings. The number of thiazole rings is 1. The number of hydrogen-bond acceptors (Lipinski definition) is 13. The third-order valence-electron chi connectivity index (χ3n) is 8.25. The minimum Gasteiger partial charge on any atom is -0.480 e. The summed E-state index contributed by atoms with van der Waals surface area (Å²) in [5.41, 5.74) is 15.4. The van der Waals surface area contributed by atoms with Gasteiger partial charge < -0.3 is 27.2 Å². The third-order valence-corrected chi connectivity index (χ3v) is 12.9. The maximum Gasteiger partial charge on any atom is 0.326 e. The van der Waals surface area contributed by atoms with E-state index in [4.69, 9.17) is 11.5 Å². The molecule has 2 atom stereocenters. The van der Waals surface area contributed by atoms with E-state index in [9.17, 15) is 44.7 Å². The number of sulfonamides is 3. The molecule has 0 aliphatic rings. The molecular weight excluding hydrogens is 885 g/mol. The fourth-order valence-electron chi connectivity index (χ4n) is 5.15. The Kier molecular flexibility index (Phi) is 19.9.